The normalized spacial score (nSPS) is 10.7. The number of aromatic amines is 1. The van der Waals surface area contributed by atoms with Crippen molar-refractivity contribution in [2.45, 2.75) is 13.7 Å². The first-order valence-corrected chi connectivity index (χ1v) is 12.1. The van der Waals surface area contributed by atoms with Crippen LogP contribution < -0.4 is 26.3 Å². The molecule has 3 heterocycles. The maximum Gasteiger partial charge on any atom is 0.344 e. The van der Waals surface area contributed by atoms with Gasteiger partial charge in [0.2, 0.25) is 11.7 Å². The molecule has 2 N–H and O–H groups in total. The van der Waals surface area contributed by atoms with E-state index in [1.54, 1.807) is 6.92 Å². The van der Waals surface area contributed by atoms with Crippen LogP contribution in [0.3, 0.4) is 0 Å². The Hall–Kier alpha value is -5.41. The van der Waals surface area contributed by atoms with Gasteiger partial charge in [-0.25, -0.2) is 19.4 Å². The van der Waals surface area contributed by atoms with Crippen molar-refractivity contribution in [2.24, 2.45) is 0 Å². The summed E-state index contributed by atoms with van der Waals surface area (Å²) in [7, 11) is 0. The van der Waals surface area contributed by atoms with Gasteiger partial charge in [0.25, 0.3) is 17.0 Å². The quantitative estimate of drug-likeness (QED) is 0.280. The lowest BCUT2D eigenvalue weighted by Gasteiger charge is -2.11. The molecule has 1 aromatic carbocycles. The number of hydrogen-bond acceptors (Lipinski definition) is 11. The smallest absolute Gasteiger partial charge is 0.344 e. The number of aromatic hydroxyl groups is 1. The first-order valence-electron chi connectivity index (χ1n) is 11.8. The number of aromatic nitrogens is 4. The lowest BCUT2D eigenvalue weighted by Crippen LogP contribution is -2.45. The minimum absolute atomic E-state index is 0.0699. The summed E-state index contributed by atoms with van der Waals surface area (Å²) in [5.74, 6) is -6.00. The number of H-pyrrole nitrogens is 1. The fourth-order valence-electron chi connectivity index (χ4n) is 3.43. The molecule has 0 atom stereocenters. The van der Waals surface area contributed by atoms with Crippen LogP contribution in [0.15, 0.2) is 69.2 Å². The number of halogens is 2. The van der Waals surface area contributed by atoms with Gasteiger partial charge in [-0.15, -0.1) is 0 Å². The molecular formula is C26H18ClFN4O10. The second-order valence-corrected chi connectivity index (χ2v) is 8.64. The van der Waals surface area contributed by atoms with E-state index in [0.717, 1.165) is 30.5 Å². The molecule has 0 radical (unpaired) electrons. The van der Waals surface area contributed by atoms with E-state index >= 15 is 0 Å². The van der Waals surface area contributed by atoms with E-state index in [2.05, 4.69) is 4.98 Å². The Morgan fingerprint density at radius 3 is 2.45 bits per heavy atom. The zero-order valence-electron chi connectivity index (χ0n) is 21.3. The SMILES string of the molecule is CCOCn1cc(F)c(=O)n(C(=O)c2cccc(C(=O)Oc3cc(OC(=O)c4cc(O)[nH]c(=O)c4)c(Cl)cn3)c2)c1=O. The second kappa shape index (κ2) is 12.4. The molecule has 216 valence electrons. The predicted molar refractivity (Wildman–Crippen MR) is 141 cm³/mol. The second-order valence-electron chi connectivity index (χ2n) is 8.23. The lowest BCUT2D eigenvalue weighted by atomic mass is 10.1. The highest BCUT2D eigenvalue weighted by molar-refractivity contribution is 6.32. The number of pyridine rings is 2. The Balaban J connectivity index is 1.57. The van der Waals surface area contributed by atoms with Crippen molar-refractivity contribution in [3.63, 3.8) is 0 Å². The van der Waals surface area contributed by atoms with Crippen molar-refractivity contribution >= 4 is 29.4 Å². The Labute approximate surface area is 238 Å². The Morgan fingerprint density at radius 1 is 1.02 bits per heavy atom. The average Bonchev–Trinajstić information content (AvgIpc) is 2.95. The van der Waals surface area contributed by atoms with Crippen LogP contribution in [0.4, 0.5) is 4.39 Å². The standard InChI is InChI=1S/C26H18ClFN4O10/c1-2-40-12-31-11-17(28)23(36)32(26(31)39)22(35)13-4-3-5-14(6-13)24(37)42-21-9-18(16(27)10-29-21)41-25(38)15-7-19(33)30-20(34)8-15/h3-11H,2,12H2,1H3,(H2,30,33,34). The Morgan fingerprint density at radius 2 is 1.74 bits per heavy atom. The molecule has 42 heavy (non-hydrogen) atoms. The van der Waals surface area contributed by atoms with Gasteiger partial charge in [-0.05, 0) is 25.1 Å². The summed E-state index contributed by atoms with van der Waals surface area (Å²) in [6, 6.07) is 7.51. The third kappa shape index (κ3) is 6.48. The molecule has 0 saturated carbocycles. The molecule has 0 bridgehead atoms. The van der Waals surface area contributed by atoms with Gasteiger partial charge in [0.05, 0.1) is 23.5 Å². The number of benzene rings is 1. The van der Waals surface area contributed by atoms with E-state index in [-0.39, 0.29) is 38.6 Å². The van der Waals surface area contributed by atoms with Gasteiger partial charge in [-0.3, -0.25) is 23.9 Å². The van der Waals surface area contributed by atoms with E-state index in [4.69, 9.17) is 25.8 Å². The third-order valence-corrected chi connectivity index (χ3v) is 5.64. The number of nitrogens with one attached hydrogen (secondary N) is 1. The van der Waals surface area contributed by atoms with Gasteiger partial charge in [0, 0.05) is 30.4 Å². The van der Waals surface area contributed by atoms with Crippen LogP contribution in [-0.4, -0.2) is 48.7 Å². The van der Waals surface area contributed by atoms with Crippen LogP contribution in [0.5, 0.6) is 17.5 Å². The summed E-state index contributed by atoms with van der Waals surface area (Å²) in [5, 5.41) is 9.32. The fourth-order valence-corrected chi connectivity index (χ4v) is 3.58. The molecule has 0 aliphatic heterocycles. The summed E-state index contributed by atoms with van der Waals surface area (Å²) in [4.78, 5) is 80.5. The van der Waals surface area contributed by atoms with Crippen LogP contribution >= 0.6 is 11.6 Å². The van der Waals surface area contributed by atoms with E-state index in [9.17, 15) is 38.3 Å². The molecule has 0 aliphatic rings. The number of carbonyl (C=O) groups excluding carboxylic acids is 3. The molecular weight excluding hydrogens is 583 g/mol. The van der Waals surface area contributed by atoms with E-state index in [1.807, 2.05) is 4.98 Å². The summed E-state index contributed by atoms with van der Waals surface area (Å²) in [5.41, 5.74) is -4.27. The molecule has 0 amide bonds. The Kier molecular flexibility index (Phi) is 8.73. The number of esters is 2. The monoisotopic (exact) mass is 600 g/mol. The van der Waals surface area contributed by atoms with Gasteiger partial charge < -0.3 is 19.3 Å². The van der Waals surface area contributed by atoms with Crippen molar-refractivity contribution in [2.75, 3.05) is 6.61 Å². The van der Waals surface area contributed by atoms with Crippen LogP contribution in [0.2, 0.25) is 5.02 Å². The first kappa shape index (κ1) is 29.6. The largest absolute Gasteiger partial charge is 0.494 e. The van der Waals surface area contributed by atoms with E-state index in [0.29, 0.717) is 10.8 Å². The minimum atomic E-state index is -1.49. The molecule has 0 saturated heterocycles. The van der Waals surface area contributed by atoms with Gasteiger partial charge in [0.1, 0.15) is 11.8 Å². The van der Waals surface area contributed by atoms with E-state index in [1.165, 1.54) is 18.2 Å². The van der Waals surface area contributed by atoms with Gasteiger partial charge in [-0.1, -0.05) is 17.7 Å². The molecule has 14 nitrogen and oxygen atoms in total. The van der Waals surface area contributed by atoms with Crippen molar-refractivity contribution in [3.8, 4) is 17.5 Å². The summed E-state index contributed by atoms with van der Waals surface area (Å²) in [6.07, 6.45) is 1.62. The lowest BCUT2D eigenvalue weighted by molar-refractivity contribution is 0.0726. The molecule has 16 heteroatoms. The topological polar surface area (TPSA) is 189 Å². The molecule has 3 aromatic heterocycles. The van der Waals surface area contributed by atoms with Gasteiger partial charge >= 0.3 is 17.6 Å². The summed E-state index contributed by atoms with van der Waals surface area (Å²) >= 11 is 6.01. The number of carbonyl (C=O) groups is 3. The highest BCUT2D eigenvalue weighted by atomic mass is 35.5. The van der Waals surface area contributed by atoms with Crippen molar-refractivity contribution in [3.05, 3.63) is 114 Å². The highest BCUT2D eigenvalue weighted by Crippen LogP contribution is 2.28. The molecule has 0 aliphatic carbocycles. The fraction of sp³-hybridized carbons (Fsp3) is 0.115. The summed E-state index contributed by atoms with van der Waals surface area (Å²) < 4.78 is 30.3. The van der Waals surface area contributed by atoms with Crippen LogP contribution in [0.1, 0.15) is 38.0 Å². The molecule has 0 spiro atoms. The number of hydrogen-bond donors (Lipinski definition) is 2. The molecule has 4 aromatic rings. The van der Waals surface area contributed by atoms with Crippen molar-refractivity contribution in [1.29, 1.82) is 0 Å². The molecule has 4 rings (SSSR count). The number of ether oxygens (including phenoxy) is 3. The van der Waals surface area contributed by atoms with Crippen molar-refractivity contribution < 1.29 is 38.1 Å². The minimum Gasteiger partial charge on any atom is -0.494 e. The highest BCUT2D eigenvalue weighted by Gasteiger charge is 2.21. The predicted octanol–water partition coefficient (Wildman–Crippen LogP) is 1.71. The zero-order valence-corrected chi connectivity index (χ0v) is 22.1. The third-order valence-electron chi connectivity index (χ3n) is 5.36. The Bertz CT molecular complexity index is 1900. The number of rotatable bonds is 8. The van der Waals surface area contributed by atoms with E-state index < -0.39 is 59.0 Å². The molecule has 0 unspecified atom stereocenters. The van der Waals surface area contributed by atoms with Gasteiger partial charge in [-0.2, -0.15) is 8.96 Å². The van der Waals surface area contributed by atoms with Crippen LogP contribution in [0, 0.1) is 5.82 Å². The summed E-state index contributed by atoms with van der Waals surface area (Å²) in [6.45, 7) is 1.39. The average molecular weight is 601 g/mol. The zero-order chi connectivity index (χ0) is 30.6. The van der Waals surface area contributed by atoms with Gasteiger partial charge in [0.15, 0.2) is 11.6 Å². The van der Waals surface area contributed by atoms with Crippen LogP contribution in [-0.2, 0) is 11.5 Å². The first-order chi connectivity index (χ1) is 20.0. The van der Waals surface area contributed by atoms with Crippen molar-refractivity contribution in [1.82, 2.24) is 19.1 Å². The molecule has 0 fully saturated rings. The maximum absolute atomic E-state index is 14.2. The van der Waals surface area contributed by atoms with Crippen LogP contribution in [0.25, 0.3) is 0 Å². The maximum atomic E-state index is 14.2. The number of nitrogens with zero attached hydrogens (tertiary/aromatic N) is 3.